The van der Waals surface area contributed by atoms with Crippen LogP contribution in [0.5, 0.6) is 0 Å². The van der Waals surface area contributed by atoms with E-state index < -0.39 is 0 Å². The number of nitrogens with zero attached hydrogens (tertiary/aromatic N) is 3. The molecule has 3 heterocycles. The number of nitrogens with one attached hydrogen (secondary N) is 1. The van der Waals surface area contributed by atoms with Gasteiger partial charge in [-0.05, 0) is 43.0 Å². The van der Waals surface area contributed by atoms with E-state index in [0.29, 0.717) is 11.8 Å². The Kier molecular flexibility index (Phi) is 6.04. The Morgan fingerprint density at radius 1 is 1.33 bits per heavy atom. The van der Waals surface area contributed by atoms with E-state index in [4.69, 9.17) is 4.74 Å². The number of likely N-dealkylation sites (tertiary alicyclic amines) is 2. The second-order valence-corrected chi connectivity index (χ2v) is 6.87. The topological polar surface area (TPSA) is 57.7 Å². The molecule has 1 N–H and O–H groups in total. The first-order valence-corrected chi connectivity index (χ1v) is 8.90. The van der Waals surface area contributed by atoms with Crippen LogP contribution in [0.15, 0.2) is 24.5 Å². The predicted octanol–water partition coefficient (Wildman–Crippen LogP) is 1.55. The fraction of sp³-hybridized carbons (Fsp3) is 0.667. The first kappa shape index (κ1) is 17.2. The highest BCUT2D eigenvalue weighted by Crippen LogP contribution is 2.26. The number of hydrogen-bond donors (Lipinski definition) is 1. The lowest BCUT2D eigenvalue weighted by Crippen LogP contribution is -2.53. The Hall–Kier alpha value is -1.66. The van der Waals surface area contributed by atoms with Crippen LogP contribution in [0, 0.1) is 5.92 Å². The molecule has 6 nitrogen and oxygen atoms in total. The van der Waals surface area contributed by atoms with Crippen LogP contribution in [0.3, 0.4) is 0 Å². The van der Waals surface area contributed by atoms with Crippen molar-refractivity contribution in [2.24, 2.45) is 5.92 Å². The third kappa shape index (κ3) is 4.45. The van der Waals surface area contributed by atoms with Crippen LogP contribution in [0.2, 0.25) is 0 Å². The van der Waals surface area contributed by atoms with Crippen LogP contribution in [-0.4, -0.2) is 73.8 Å². The number of carbonyl (C=O) groups is 1. The molecule has 0 unspecified atom stereocenters. The second kappa shape index (κ2) is 8.44. The van der Waals surface area contributed by atoms with Crippen LogP contribution in [0.25, 0.3) is 0 Å². The minimum atomic E-state index is 0.0816. The van der Waals surface area contributed by atoms with Gasteiger partial charge < -0.3 is 19.9 Å². The van der Waals surface area contributed by atoms with Crippen LogP contribution in [0.4, 0.5) is 4.79 Å². The average molecular weight is 332 g/mol. The van der Waals surface area contributed by atoms with Gasteiger partial charge in [-0.15, -0.1) is 0 Å². The van der Waals surface area contributed by atoms with E-state index in [2.05, 4.69) is 15.2 Å². The fourth-order valence-corrected chi connectivity index (χ4v) is 3.55. The van der Waals surface area contributed by atoms with Gasteiger partial charge in [0.05, 0.1) is 0 Å². The molecule has 0 aliphatic carbocycles. The first-order valence-electron chi connectivity index (χ1n) is 8.90. The monoisotopic (exact) mass is 332 g/mol. The first-order chi connectivity index (χ1) is 11.8. The lowest BCUT2D eigenvalue weighted by molar-refractivity contribution is 0.150. The molecule has 3 rings (SSSR count). The van der Waals surface area contributed by atoms with E-state index in [1.165, 1.54) is 12.0 Å². The number of urea groups is 1. The van der Waals surface area contributed by atoms with Gasteiger partial charge in [0, 0.05) is 64.8 Å². The summed E-state index contributed by atoms with van der Waals surface area (Å²) >= 11 is 0. The summed E-state index contributed by atoms with van der Waals surface area (Å²) in [6.45, 7) is 6.55. The zero-order chi connectivity index (χ0) is 16.8. The van der Waals surface area contributed by atoms with Gasteiger partial charge in [-0.1, -0.05) is 0 Å². The fourth-order valence-electron chi connectivity index (χ4n) is 3.55. The minimum Gasteiger partial charge on any atom is -0.385 e. The summed E-state index contributed by atoms with van der Waals surface area (Å²) in [6.07, 6.45) is 5.89. The van der Waals surface area contributed by atoms with Gasteiger partial charge >= 0.3 is 6.03 Å². The normalized spacial score (nSPS) is 21.7. The molecule has 132 valence electrons. The average Bonchev–Trinajstić information content (AvgIpc) is 3.01. The van der Waals surface area contributed by atoms with Crippen molar-refractivity contribution in [3.8, 4) is 0 Å². The molecule has 0 saturated carbocycles. The molecule has 0 bridgehead atoms. The maximum atomic E-state index is 12.2. The van der Waals surface area contributed by atoms with E-state index in [9.17, 15) is 4.79 Å². The quantitative estimate of drug-likeness (QED) is 0.770. The molecule has 1 atom stereocenters. The van der Waals surface area contributed by atoms with Crippen molar-refractivity contribution < 1.29 is 9.53 Å². The predicted molar refractivity (Wildman–Crippen MR) is 93.0 cm³/mol. The Bertz CT molecular complexity index is 519. The van der Waals surface area contributed by atoms with Crippen molar-refractivity contribution in [2.75, 3.05) is 53.0 Å². The Balaban J connectivity index is 1.31. The summed E-state index contributed by atoms with van der Waals surface area (Å²) in [4.78, 5) is 20.6. The summed E-state index contributed by atoms with van der Waals surface area (Å²) in [5.41, 5.74) is 1.27. The molecule has 6 heteroatoms. The summed E-state index contributed by atoms with van der Waals surface area (Å²) in [7, 11) is 1.75. The Morgan fingerprint density at radius 2 is 2.12 bits per heavy atom. The third-order valence-corrected chi connectivity index (χ3v) is 5.08. The van der Waals surface area contributed by atoms with Gasteiger partial charge in [0.15, 0.2) is 0 Å². The number of ether oxygens (including phenoxy) is 1. The van der Waals surface area contributed by atoms with Crippen LogP contribution in [0.1, 0.15) is 24.3 Å². The van der Waals surface area contributed by atoms with Gasteiger partial charge in [0.2, 0.25) is 0 Å². The number of amides is 2. The molecule has 0 spiro atoms. The highest BCUT2D eigenvalue weighted by Gasteiger charge is 2.32. The van der Waals surface area contributed by atoms with Gasteiger partial charge in [-0.25, -0.2) is 4.79 Å². The van der Waals surface area contributed by atoms with Crippen LogP contribution < -0.4 is 5.32 Å². The molecule has 2 amide bonds. The molecule has 2 aliphatic rings. The maximum Gasteiger partial charge on any atom is 0.317 e. The molecule has 0 radical (unpaired) electrons. The molecule has 2 saturated heterocycles. The highest BCUT2D eigenvalue weighted by molar-refractivity contribution is 5.75. The van der Waals surface area contributed by atoms with Crippen LogP contribution >= 0.6 is 0 Å². The summed E-state index contributed by atoms with van der Waals surface area (Å²) in [6, 6.07) is 4.16. The van der Waals surface area contributed by atoms with Crippen molar-refractivity contribution in [3.05, 3.63) is 30.1 Å². The van der Waals surface area contributed by atoms with E-state index in [1.807, 2.05) is 29.4 Å². The molecule has 2 fully saturated rings. The SMILES string of the molecule is COCCCN1CC[C@H](CNC(=O)N2CC(c3ccncc3)C2)C1. The van der Waals surface area contributed by atoms with Crippen molar-refractivity contribution in [1.82, 2.24) is 20.1 Å². The van der Waals surface area contributed by atoms with E-state index in [1.54, 1.807) is 7.11 Å². The highest BCUT2D eigenvalue weighted by atomic mass is 16.5. The molecular weight excluding hydrogens is 304 g/mol. The lowest BCUT2D eigenvalue weighted by Gasteiger charge is -2.39. The molecule has 1 aromatic heterocycles. The zero-order valence-corrected chi connectivity index (χ0v) is 14.5. The third-order valence-electron chi connectivity index (χ3n) is 5.08. The number of pyridine rings is 1. The van der Waals surface area contributed by atoms with Crippen molar-refractivity contribution in [3.63, 3.8) is 0 Å². The number of carbonyl (C=O) groups excluding carboxylic acids is 1. The van der Waals surface area contributed by atoms with E-state index in [-0.39, 0.29) is 6.03 Å². The van der Waals surface area contributed by atoms with Crippen molar-refractivity contribution >= 4 is 6.03 Å². The van der Waals surface area contributed by atoms with Crippen molar-refractivity contribution in [2.45, 2.75) is 18.8 Å². The van der Waals surface area contributed by atoms with Gasteiger partial charge in [0.1, 0.15) is 0 Å². The number of aromatic nitrogens is 1. The summed E-state index contributed by atoms with van der Waals surface area (Å²) < 4.78 is 5.10. The molecular formula is C18H28N4O2. The zero-order valence-electron chi connectivity index (χ0n) is 14.5. The summed E-state index contributed by atoms with van der Waals surface area (Å²) in [5.74, 6) is 1.04. The minimum absolute atomic E-state index is 0.0816. The molecule has 24 heavy (non-hydrogen) atoms. The molecule has 2 aliphatic heterocycles. The Morgan fingerprint density at radius 3 is 2.88 bits per heavy atom. The largest absolute Gasteiger partial charge is 0.385 e. The Labute approximate surface area is 144 Å². The van der Waals surface area contributed by atoms with Gasteiger partial charge in [0.25, 0.3) is 0 Å². The van der Waals surface area contributed by atoms with Gasteiger partial charge in [-0.2, -0.15) is 0 Å². The number of hydrogen-bond acceptors (Lipinski definition) is 4. The summed E-state index contributed by atoms with van der Waals surface area (Å²) in [5, 5.41) is 3.11. The van der Waals surface area contributed by atoms with Crippen LogP contribution in [-0.2, 0) is 4.74 Å². The lowest BCUT2D eigenvalue weighted by atomic mass is 9.93. The van der Waals surface area contributed by atoms with Gasteiger partial charge in [-0.3, -0.25) is 4.98 Å². The number of methoxy groups -OCH3 is 1. The number of rotatable bonds is 7. The second-order valence-electron chi connectivity index (χ2n) is 6.87. The smallest absolute Gasteiger partial charge is 0.317 e. The standard InChI is InChI=1S/C18H28N4O2/c1-24-10-2-8-21-9-5-15(12-21)11-20-18(23)22-13-17(14-22)16-3-6-19-7-4-16/h3-4,6-7,15,17H,2,5,8-14H2,1H3,(H,20,23)/t15-/m1/s1. The van der Waals surface area contributed by atoms with E-state index >= 15 is 0 Å². The van der Waals surface area contributed by atoms with E-state index in [0.717, 1.165) is 52.3 Å². The van der Waals surface area contributed by atoms with Crippen molar-refractivity contribution in [1.29, 1.82) is 0 Å². The maximum absolute atomic E-state index is 12.2. The molecule has 0 aromatic carbocycles. The molecule has 1 aromatic rings.